The van der Waals surface area contributed by atoms with Crippen molar-refractivity contribution in [1.82, 2.24) is 14.3 Å². The quantitative estimate of drug-likeness (QED) is 0.570. The SMILES string of the molecule is COc1cc(F)c(C)c(-n2c(N)c(C(N)=O)c3ccc4c(cnn4C)c32)c1C. The number of aromatic nitrogens is 3. The number of amides is 1. The third-order valence-corrected chi connectivity index (χ3v) is 5.28. The van der Waals surface area contributed by atoms with E-state index in [-0.39, 0.29) is 11.4 Å². The summed E-state index contributed by atoms with van der Waals surface area (Å²) in [5, 5.41) is 5.68. The smallest absolute Gasteiger partial charge is 0.253 e. The van der Waals surface area contributed by atoms with Crippen LogP contribution in [-0.2, 0) is 7.05 Å². The van der Waals surface area contributed by atoms with Gasteiger partial charge in [0, 0.05) is 35.0 Å². The van der Waals surface area contributed by atoms with Crippen molar-refractivity contribution < 1.29 is 13.9 Å². The highest BCUT2D eigenvalue weighted by Gasteiger charge is 2.26. The fourth-order valence-electron chi connectivity index (χ4n) is 3.91. The topological polar surface area (TPSA) is 101 Å². The van der Waals surface area contributed by atoms with Crippen LogP contribution in [-0.4, -0.2) is 27.4 Å². The number of nitrogen functional groups attached to an aromatic ring is 1. The summed E-state index contributed by atoms with van der Waals surface area (Å²) >= 11 is 0. The predicted molar refractivity (Wildman–Crippen MR) is 106 cm³/mol. The maximum atomic E-state index is 14.7. The summed E-state index contributed by atoms with van der Waals surface area (Å²) in [6.07, 6.45) is 1.69. The Bertz CT molecular complexity index is 1290. The van der Waals surface area contributed by atoms with Gasteiger partial charge in [-0.1, -0.05) is 0 Å². The van der Waals surface area contributed by atoms with Crippen molar-refractivity contribution in [3.8, 4) is 11.4 Å². The first-order valence-corrected chi connectivity index (χ1v) is 8.66. The largest absolute Gasteiger partial charge is 0.496 e. The van der Waals surface area contributed by atoms with E-state index in [0.717, 1.165) is 10.9 Å². The molecular formula is C20H20FN5O2. The molecule has 0 saturated carbocycles. The Morgan fingerprint density at radius 1 is 1.21 bits per heavy atom. The Hall–Kier alpha value is -3.55. The number of carbonyl (C=O) groups is 1. The van der Waals surface area contributed by atoms with Gasteiger partial charge in [0.2, 0.25) is 0 Å². The van der Waals surface area contributed by atoms with E-state index in [4.69, 9.17) is 16.2 Å². The van der Waals surface area contributed by atoms with Gasteiger partial charge >= 0.3 is 0 Å². The van der Waals surface area contributed by atoms with Crippen LogP contribution in [0.5, 0.6) is 5.75 Å². The van der Waals surface area contributed by atoms with E-state index in [9.17, 15) is 9.18 Å². The highest BCUT2D eigenvalue weighted by Crippen LogP contribution is 2.40. The summed E-state index contributed by atoms with van der Waals surface area (Å²) in [6, 6.07) is 4.98. The third-order valence-electron chi connectivity index (χ3n) is 5.28. The summed E-state index contributed by atoms with van der Waals surface area (Å²) in [5.74, 6) is -0.545. The first kappa shape index (κ1) is 17.8. The lowest BCUT2D eigenvalue weighted by Gasteiger charge is -2.18. The maximum Gasteiger partial charge on any atom is 0.253 e. The summed E-state index contributed by atoms with van der Waals surface area (Å²) in [4.78, 5) is 12.2. The molecule has 0 atom stereocenters. The van der Waals surface area contributed by atoms with Crippen molar-refractivity contribution in [2.75, 3.05) is 12.8 Å². The van der Waals surface area contributed by atoms with Gasteiger partial charge in [0.05, 0.1) is 35.6 Å². The molecule has 8 heteroatoms. The first-order valence-electron chi connectivity index (χ1n) is 8.66. The second kappa shape index (κ2) is 5.98. The minimum absolute atomic E-state index is 0.151. The van der Waals surface area contributed by atoms with Crippen LogP contribution in [0.3, 0.4) is 0 Å². The molecule has 0 fully saturated rings. The Morgan fingerprint density at radius 3 is 2.57 bits per heavy atom. The molecule has 0 aliphatic heterocycles. The van der Waals surface area contributed by atoms with E-state index in [1.807, 2.05) is 20.0 Å². The molecular weight excluding hydrogens is 361 g/mol. The van der Waals surface area contributed by atoms with Crippen LogP contribution < -0.4 is 16.2 Å². The molecule has 1 amide bonds. The van der Waals surface area contributed by atoms with E-state index in [2.05, 4.69) is 5.10 Å². The summed E-state index contributed by atoms with van der Waals surface area (Å²) in [5.41, 5.74) is 15.3. The average molecular weight is 381 g/mol. The van der Waals surface area contributed by atoms with Crippen LogP contribution >= 0.6 is 0 Å². The lowest BCUT2D eigenvalue weighted by molar-refractivity contribution is 0.100. The van der Waals surface area contributed by atoms with Gasteiger partial charge in [-0.15, -0.1) is 0 Å². The second-order valence-corrected chi connectivity index (χ2v) is 6.78. The van der Waals surface area contributed by atoms with E-state index in [1.165, 1.54) is 13.2 Å². The van der Waals surface area contributed by atoms with Crippen LogP contribution in [0, 0.1) is 19.7 Å². The zero-order valence-corrected chi connectivity index (χ0v) is 16.0. The van der Waals surface area contributed by atoms with Crippen molar-refractivity contribution in [2.45, 2.75) is 13.8 Å². The van der Waals surface area contributed by atoms with Gasteiger partial charge in [-0.25, -0.2) is 4.39 Å². The molecule has 4 rings (SSSR count). The van der Waals surface area contributed by atoms with E-state index in [1.54, 1.807) is 28.4 Å². The van der Waals surface area contributed by atoms with Crippen molar-refractivity contribution in [2.24, 2.45) is 12.8 Å². The number of primary amides is 1. The van der Waals surface area contributed by atoms with Crippen LogP contribution in [0.1, 0.15) is 21.5 Å². The van der Waals surface area contributed by atoms with E-state index in [0.29, 0.717) is 33.5 Å². The molecule has 28 heavy (non-hydrogen) atoms. The zero-order chi connectivity index (χ0) is 20.3. The number of nitrogens with two attached hydrogens (primary N) is 2. The van der Waals surface area contributed by atoms with Gasteiger partial charge in [0.1, 0.15) is 17.4 Å². The van der Waals surface area contributed by atoms with Gasteiger partial charge in [-0.3, -0.25) is 14.0 Å². The molecule has 7 nitrogen and oxygen atoms in total. The molecule has 0 unspecified atom stereocenters. The van der Waals surface area contributed by atoms with Crippen LogP contribution in [0.4, 0.5) is 10.2 Å². The first-order chi connectivity index (χ1) is 13.3. The molecule has 4 N–H and O–H groups in total. The number of fused-ring (bicyclic) bond motifs is 3. The minimum Gasteiger partial charge on any atom is -0.496 e. The molecule has 144 valence electrons. The molecule has 2 heterocycles. The third kappa shape index (κ3) is 2.20. The van der Waals surface area contributed by atoms with Crippen molar-refractivity contribution >= 4 is 33.5 Å². The second-order valence-electron chi connectivity index (χ2n) is 6.78. The molecule has 2 aromatic heterocycles. The number of nitrogens with zero attached hydrogens (tertiary/aromatic N) is 3. The van der Waals surface area contributed by atoms with Gasteiger partial charge in [-0.2, -0.15) is 5.10 Å². The number of hydrogen-bond acceptors (Lipinski definition) is 4. The number of ether oxygens (including phenoxy) is 1. The number of methoxy groups -OCH3 is 1. The normalized spacial score (nSPS) is 11.5. The lowest BCUT2D eigenvalue weighted by atomic mass is 10.1. The predicted octanol–water partition coefficient (Wildman–Crippen LogP) is 2.96. The minimum atomic E-state index is -0.650. The standard InChI is InChI=1S/C20H20FN5O2/c1-9-13(21)7-15(28-4)10(2)17(9)26-18-11(16(19(26)22)20(23)27)5-6-14-12(18)8-24-25(14)3/h5-8H,22H2,1-4H3,(H2,23,27). The molecule has 0 spiro atoms. The van der Waals surface area contributed by atoms with Crippen LogP contribution in [0.15, 0.2) is 24.4 Å². The maximum absolute atomic E-state index is 14.7. The number of halogens is 1. The summed E-state index contributed by atoms with van der Waals surface area (Å²) in [6.45, 7) is 3.48. The number of benzene rings is 2. The van der Waals surface area contributed by atoms with Gasteiger partial charge in [-0.05, 0) is 26.0 Å². The van der Waals surface area contributed by atoms with Crippen molar-refractivity contribution in [1.29, 1.82) is 0 Å². The molecule has 0 aliphatic carbocycles. The molecule has 0 saturated heterocycles. The average Bonchev–Trinajstić information content (AvgIpc) is 3.16. The van der Waals surface area contributed by atoms with Crippen LogP contribution in [0.25, 0.3) is 27.5 Å². The molecule has 4 aromatic rings. The van der Waals surface area contributed by atoms with Gasteiger partial charge in [0.25, 0.3) is 5.91 Å². The fourth-order valence-corrected chi connectivity index (χ4v) is 3.91. The molecule has 0 radical (unpaired) electrons. The lowest BCUT2D eigenvalue weighted by Crippen LogP contribution is -2.14. The number of rotatable bonds is 3. The zero-order valence-electron chi connectivity index (χ0n) is 16.0. The van der Waals surface area contributed by atoms with Crippen molar-refractivity contribution in [3.63, 3.8) is 0 Å². The highest BCUT2D eigenvalue weighted by atomic mass is 19.1. The number of carbonyl (C=O) groups excluding carboxylic acids is 1. The molecule has 0 aliphatic rings. The number of aryl methyl sites for hydroxylation is 1. The van der Waals surface area contributed by atoms with Gasteiger partial charge in [0.15, 0.2) is 0 Å². The summed E-state index contributed by atoms with van der Waals surface area (Å²) < 4.78 is 23.4. The van der Waals surface area contributed by atoms with E-state index < -0.39 is 11.7 Å². The number of anilines is 1. The Kier molecular flexibility index (Phi) is 3.81. The van der Waals surface area contributed by atoms with Crippen molar-refractivity contribution in [3.05, 3.63) is 46.9 Å². The summed E-state index contributed by atoms with van der Waals surface area (Å²) in [7, 11) is 3.30. The molecule has 2 aromatic carbocycles. The monoisotopic (exact) mass is 381 g/mol. The van der Waals surface area contributed by atoms with E-state index >= 15 is 0 Å². The highest BCUT2D eigenvalue weighted by molar-refractivity contribution is 6.18. The fraction of sp³-hybridized carbons (Fsp3) is 0.200. The Morgan fingerprint density at radius 2 is 1.93 bits per heavy atom. The number of hydrogen-bond donors (Lipinski definition) is 2. The van der Waals surface area contributed by atoms with Crippen LogP contribution in [0.2, 0.25) is 0 Å². The Labute approximate surface area is 160 Å². The molecule has 0 bridgehead atoms. The Balaban J connectivity index is 2.29. The van der Waals surface area contributed by atoms with Gasteiger partial charge < -0.3 is 16.2 Å².